The van der Waals surface area contributed by atoms with Gasteiger partial charge in [-0.05, 0) is 58.6 Å². The number of hydrogen-bond acceptors (Lipinski definition) is 5. The number of allylic oxidation sites excluding steroid dienone is 2. The smallest absolute Gasteiger partial charge is 0.223 e. The van der Waals surface area contributed by atoms with Crippen LogP contribution in [0.5, 0.6) is 0 Å². The number of carbonyl (C=O) groups is 2. The van der Waals surface area contributed by atoms with E-state index in [9.17, 15) is 9.59 Å². The first-order valence-corrected chi connectivity index (χ1v) is 16.1. The molecule has 1 saturated carbocycles. The van der Waals surface area contributed by atoms with Crippen LogP contribution in [0.4, 0.5) is 0 Å². The average molecular weight is 568 g/mol. The number of nitrogens with one attached hydrogen (secondary N) is 1. The van der Waals surface area contributed by atoms with Gasteiger partial charge >= 0.3 is 0 Å². The second-order valence-electron chi connectivity index (χ2n) is 11.7. The van der Waals surface area contributed by atoms with E-state index in [4.69, 9.17) is 4.98 Å². The molecule has 40 heavy (non-hydrogen) atoms. The lowest BCUT2D eigenvalue weighted by Crippen LogP contribution is -2.36. The number of thiophene rings is 1. The van der Waals surface area contributed by atoms with Crippen LogP contribution in [-0.4, -0.2) is 51.3 Å². The monoisotopic (exact) mass is 567 g/mol. The third kappa shape index (κ3) is 7.17. The van der Waals surface area contributed by atoms with E-state index in [1.165, 1.54) is 40.4 Å². The molecule has 1 unspecified atom stereocenters. The summed E-state index contributed by atoms with van der Waals surface area (Å²) in [5.41, 5.74) is 3.66. The van der Waals surface area contributed by atoms with Gasteiger partial charge in [0, 0.05) is 73.0 Å². The molecule has 8 heteroatoms. The van der Waals surface area contributed by atoms with Crippen LogP contribution in [-0.2, 0) is 22.6 Å². The first-order chi connectivity index (χ1) is 19.2. The van der Waals surface area contributed by atoms with E-state index < -0.39 is 0 Å². The number of hydrogen-bond donors (Lipinski definition) is 1. The molecular weight excluding hydrogens is 518 g/mol. The van der Waals surface area contributed by atoms with Gasteiger partial charge < -0.3 is 19.7 Å². The van der Waals surface area contributed by atoms with Gasteiger partial charge in [-0.2, -0.15) is 0 Å². The Morgan fingerprint density at radius 1 is 1.23 bits per heavy atom. The van der Waals surface area contributed by atoms with E-state index in [1.807, 2.05) is 4.90 Å². The lowest BCUT2D eigenvalue weighted by molar-refractivity contribution is -0.130. The lowest BCUT2D eigenvalue weighted by atomic mass is 9.88. The first kappa shape index (κ1) is 30.4. The van der Waals surface area contributed by atoms with Crippen LogP contribution in [0.25, 0.3) is 0 Å². The number of nitrogens with zero attached hydrogens (tertiary/aromatic N) is 4. The highest BCUT2D eigenvalue weighted by atomic mass is 32.1. The maximum Gasteiger partial charge on any atom is 0.223 e. The first-order valence-electron chi connectivity index (χ1n) is 15.3. The van der Waals surface area contributed by atoms with Gasteiger partial charge in [-0.25, -0.2) is 4.98 Å². The Kier molecular flexibility index (Phi) is 10.5. The molecule has 0 bridgehead atoms. The molecule has 1 aliphatic heterocycles. The highest BCUT2D eigenvalue weighted by Crippen LogP contribution is 2.32. The van der Waals surface area contributed by atoms with Crippen molar-refractivity contribution in [3.05, 3.63) is 50.9 Å². The molecule has 0 saturated heterocycles. The fourth-order valence-electron chi connectivity index (χ4n) is 6.49. The number of rotatable bonds is 11. The highest BCUT2D eigenvalue weighted by molar-refractivity contribution is 7.12. The predicted molar refractivity (Wildman–Crippen MR) is 163 cm³/mol. The molecule has 2 amide bonds. The van der Waals surface area contributed by atoms with Gasteiger partial charge in [0.2, 0.25) is 11.8 Å². The van der Waals surface area contributed by atoms with Crippen LogP contribution < -0.4 is 5.32 Å². The molecule has 2 aliphatic rings. The van der Waals surface area contributed by atoms with Gasteiger partial charge in [0.25, 0.3) is 0 Å². The number of imidazole rings is 1. The molecule has 2 aromatic heterocycles. The summed E-state index contributed by atoms with van der Waals surface area (Å²) in [4.78, 5) is 36.8. The number of aromatic nitrogens is 2. The van der Waals surface area contributed by atoms with Gasteiger partial charge in [-0.3, -0.25) is 9.59 Å². The van der Waals surface area contributed by atoms with Crippen LogP contribution in [0, 0.1) is 19.8 Å². The Morgan fingerprint density at radius 3 is 2.60 bits per heavy atom. The molecule has 0 aromatic carbocycles. The van der Waals surface area contributed by atoms with Crippen LogP contribution in [0.1, 0.15) is 111 Å². The SMILES string of the molecule is C/C=C(/CC(CC)n1c(C)nc2c1CCN(C(C)=O)C2)N(C)CC[C@H](NC(=O)C1CCCCC1)c1ccc(C)s1. The molecule has 1 aliphatic carbocycles. The molecule has 4 rings (SSSR count). The average Bonchev–Trinajstić information content (AvgIpc) is 3.53. The van der Waals surface area contributed by atoms with E-state index in [0.717, 1.165) is 63.1 Å². The summed E-state index contributed by atoms with van der Waals surface area (Å²) in [6.45, 7) is 12.5. The molecule has 2 aromatic rings. The summed E-state index contributed by atoms with van der Waals surface area (Å²) in [5.74, 6) is 1.56. The number of fused-ring (bicyclic) bond motifs is 1. The van der Waals surface area contributed by atoms with Crippen molar-refractivity contribution < 1.29 is 9.59 Å². The second-order valence-corrected chi connectivity index (χ2v) is 13.0. The summed E-state index contributed by atoms with van der Waals surface area (Å²) in [5, 5.41) is 3.44. The predicted octanol–water partition coefficient (Wildman–Crippen LogP) is 6.47. The van der Waals surface area contributed by atoms with E-state index in [0.29, 0.717) is 12.6 Å². The Bertz CT molecular complexity index is 1190. The highest BCUT2D eigenvalue weighted by Gasteiger charge is 2.28. The van der Waals surface area contributed by atoms with Gasteiger partial charge in [0.15, 0.2) is 0 Å². The van der Waals surface area contributed by atoms with Gasteiger partial charge in [-0.1, -0.05) is 32.3 Å². The van der Waals surface area contributed by atoms with Crippen molar-refractivity contribution in [3.63, 3.8) is 0 Å². The maximum absolute atomic E-state index is 13.2. The second kappa shape index (κ2) is 13.8. The van der Waals surface area contributed by atoms with Gasteiger partial charge in [-0.15, -0.1) is 11.3 Å². The zero-order chi connectivity index (χ0) is 28.8. The third-order valence-corrected chi connectivity index (χ3v) is 10.0. The quantitative estimate of drug-likeness (QED) is 0.338. The fourth-order valence-corrected chi connectivity index (χ4v) is 7.46. The number of amides is 2. The zero-order valence-electron chi connectivity index (χ0n) is 25.5. The van der Waals surface area contributed by atoms with Crippen LogP contribution in [0.3, 0.4) is 0 Å². The van der Waals surface area contributed by atoms with Gasteiger partial charge in [0.1, 0.15) is 5.82 Å². The topological polar surface area (TPSA) is 70.5 Å². The normalized spacial score (nSPS) is 17.9. The summed E-state index contributed by atoms with van der Waals surface area (Å²) < 4.78 is 2.44. The minimum atomic E-state index is 0.0442. The summed E-state index contributed by atoms with van der Waals surface area (Å²) in [7, 11) is 2.18. The van der Waals surface area contributed by atoms with Crippen LogP contribution in [0.2, 0.25) is 0 Å². The Labute approximate surface area is 245 Å². The van der Waals surface area contributed by atoms with E-state index >= 15 is 0 Å². The third-order valence-electron chi connectivity index (χ3n) is 8.93. The summed E-state index contributed by atoms with van der Waals surface area (Å²) in [6, 6.07) is 4.71. The van der Waals surface area contributed by atoms with E-state index in [-0.39, 0.29) is 23.8 Å². The molecule has 2 atom stereocenters. The molecule has 0 spiro atoms. The number of aryl methyl sites for hydroxylation is 2. The van der Waals surface area contributed by atoms with Gasteiger partial charge in [0.05, 0.1) is 18.3 Å². The molecule has 7 nitrogen and oxygen atoms in total. The van der Waals surface area contributed by atoms with Crippen molar-refractivity contribution in [2.24, 2.45) is 5.92 Å². The Hall–Kier alpha value is -2.61. The molecule has 0 radical (unpaired) electrons. The van der Waals surface area contributed by atoms with E-state index in [1.54, 1.807) is 18.3 Å². The van der Waals surface area contributed by atoms with Crippen molar-refractivity contribution in [2.45, 2.75) is 111 Å². The van der Waals surface area contributed by atoms with E-state index in [2.05, 4.69) is 67.7 Å². The van der Waals surface area contributed by atoms with Crippen LogP contribution >= 0.6 is 11.3 Å². The Morgan fingerprint density at radius 2 is 1.98 bits per heavy atom. The van der Waals surface area contributed by atoms with Crippen molar-refractivity contribution in [3.8, 4) is 0 Å². The molecule has 1 fully saturated rings. The fraction of sp³-hybridized carbons (Fsp3) is 0.656. The van der Waals surface area contributed by atoms with Crippen LogP contribution in [0.15, 0.2) is 23.9 Å². The Balaban J connectivity index is 1.43. The standard InChI is InChI=1S/C32H49N5O2S/c1-7-26(20-27(8-2)37-23(4)33-29-21-36(24(5)38)19-17-30(29)37)35(6)18-16-28(31-15-14-22(3)40-31)34-32(39)25-12-10-9-11-13-25/h7,14-15,25,27-28H,8-13,16-21H2,1-6H3,(H,34,39)/b26-7-/t27?,28-/m0/s1. The minimum absolute atomic E-state index is 0.0442. The van der Waals surface area contributed by atoms with Crippen molar-refractivity contribution in [1.29, 1.82) is 0 Å². The molecular formula is C32H49N5O2S. The number of carbonyl (C=O) groups excluding carboxylic acids is 2. The minimum Gasteiger partial charge on any atom is -0.378 e. The van der Waals surface area contributed by atoms with Crippen molar-refractivity contribution >= 4 is 23.2 Å². The summed E-state index contributed by atoms with van der Waals surface area (Å²) >= 11 is 1.80. The lowest BCUT2D eigenvalue weighted by Gasteiger charge is -2.31. The molecule has 3 heterocycles. The van der Waals surface area contributed by atoms with Crippen molar-refractivity contribution in [2.75, 3.05) is 20.1 Å². The largest absolute Gasteiger partial charge is 0.378 e. The molecule has 1 N–H and O–H groups in total. The maximum atomic E-state index is 13.2. The molecule has 220 valence electrons. The zero-order valence-corrected chi connectivity index (χ0v) is 26.3. The summed E-state index contributed by atoms with van der Waals surface area (Å²) in [6.07, 6.45) is 11.6. The van der Waals surface area contributed by atoms with Crippen molar-refractivity contribution in [1.82, 2.24) is 24.7 Å².